The number of carbonyl (C=O) groups is 3. The Balaban J connectivity index is 1.62. The van der Waals surface area contributed by atoms with Gasteiger partial charge in [0.25, 0.3) is 22.7 Å². The van der Waals surface area contributed by atoms with Crippen molar-refractivity contribution in [3.05, 3.63) is 79.2 Å². The van der Waals surface area contributed by atoms with Crippen LogP contribution in [0.3, 0.4) is 0 Å². The summed E-state index contributed by atoms with van der Waals surface area (Å²) in [5, 5.41) is 13.2. The highest BCUT2D eigenvalue weighted by atomic mass is 35.5. The number of nitro benzene ring substituents is 1. The molecule has 1 fully saturated rings. The predicted octanol–water partition coefficient (Wildman–Crippen LogP) is 3.86. The van der Waals surface area contributed by atoms with Gasteiger partial charge in [-0.1, -0.05) is 29.8 Å². The second kappa shape index (κ2) is 10.4. The van der Waals surface area contributed by atoms with Crippen LogP contribution in [0.25, 0.3) is 6.08 Å². The third kappa shape index (κ3) is 5.52. The number of benzene rings is 2. The molecule has 3 rings (SSSR count). The molecule has 0 saturated carbocycles. The molecule has 0 atom stereocenters. The summed E-state index contributed by atoms with van der Waals surface area (Å²) in [5.74, 6) is -0.868. The van der Waals surface area contributed by atoms with Gasteiger partial charge in [-0.3, -0.25) is 29.4 Å². The Bertz CT molecular complexity index is 1120. The van der Waals surface area contributed by atoms with Crippen molar-refractivity contribution in [3.8, 4) is 0 Å². The lowest BCUT2D eigenvalue weighted by atomic mass is 10.1. The van der Waals surface area contributed by atoms with Crippen LogP contribution in [0.5, 0.6) is 0 Å². The molecule has 9 nitrogen and oxygen atoms in total. The Labute approximate surface area is 192 Å². The predicted molar refractivity (Wildman–Crippen MR) is 120 cm³/mol. The molecular formula is C21H18ClN3O6S. The van der Waals surface area contributed by atoms with Crippen LogP contribution >= 0.6 is 23.4 Å². The maximum atomic E-state index is 12.6. The molecule has 32 heavy (non-hydrogen) atoms. The molecule has 1 N–H and O–H groups in total. The van der Waals surface area contributed by atoms with Crippen LogP contribution in [0.1, 0.15) is 21.5 Å². The number of nitrogens with one attached hydrogen (secondary N) is 1. The Kier molecular flexibility index (Phi) is 7.62. The van der Waals surface area contributed by atoms with E-state index >= 15 is 0 Å². The third-order valence-corrected chi connectivity index (χ3v) is 5.69. The Morgan fingerprint density at radius 1 is 1.28 bits per heavy atom. The van der Waals surface area contributed by atoms with Crippen LogP contribution in [0.2, 0.25) is 5.02 Å². The zero-order valence-corrected chi connectivity index (χ0v) is 18.4. The minimum Gasteiger partial charge on any atom is -0.380 e. The first kappa shape index (κ1) is 23.5. The monoisotopic (exact) mass is 475 g/mol. The van der Waals surface area contributed by atoms with Gasteiger partial charge in [0.1, 0.15) is 5.02 Å². The molecule has 0 unspecified atom stereocenters. The molecule has 1 saturated heterocycles. The lowest BCUT2D eigenvalue weighted by molar-refractivity contribution is -0.384. The van der Waals surface area contributed by atoms with E-state index in [0.29, 0.717) is 17.7 Å². The normalized spacial score (nSPS) is 14.8. The molecule has 166 valence electrons. The number of hydrogen-bond donors (Lipinski definition) is 1. The van der Waals surface area contributed by atoms with Gasteiger partial charge < -0.3 is 10.1 Å². The molecular weight excluding hydrogens is 458 g/mol. The first-order chi connectivity index (χ1) is 15.3. The van der Waals surface area contributed by atoms with E-state index in [1.807, 2.05) is 6.07 Å². The van der Waals surface area contributed by atoms with Crippen LogP contribution in [0.4, 0.5) is 10.5 Å². The fourth-order valence-corrected chi connectivity index (χ4v) is 4.01. The zero-order chi connectivity index (χ0) is 23.3. The lowest BCUT2D eigenvalue weighted by Gasteiger charge is -2.13. The molecule has 11 heteroatoms. The minimum absolute atomic E-state index is 0.00766. The fourth-order valence-electron chi connectivity index (χ4n) is 2.96. The Hall–Kier alpha value is -3.21. The van der Waals surface area contributed by atoms with E-state index in [0.717, 1.165) is 22.2 Å². The van der Waals surface area contributed by atoms with Crippen LogP contribution in [-0.2, 0) is 16.1 Å². The van der Waals surface area contributed by atoms with Crippen molar-refractivity contribution < 1.29 is 24.0 Å². The zero-order valence-electron chi connectivity index (χ0n) is 16.9. The molecule has 0 aromatic heterocycles. The highest BCUT2D eigenvalue weighted by Crippen LogP contribution is 2.33. The van der Waals surface area contributed by atoms with Crippen LogP contribution in [-0.4, -0.2) is 47.1 Å². The first-order valence-electron chi connectivity index (χ1n) is 9.35. The molecule has 0 radical (unpaired) electrons. The molecule has 1 aliphatic heterocycles. The summed E-state index contributed by atoms with van der Waals surface area (Å²) in [6.45, 7) is 0.443. The number of amides is 3. The molecule has 0 aliphatic carbocycles. The molecule has 0 bridgehead atoms. The average molecular weight is 476 g/mol. The number of ether oxygens (including phenoxy) is 1. The fraction of sp³-hybridized carbons (Fsp3) is 0.190. The van der Waals surface area contributed by atoms with Gasteiger partial charge in [0, 0.05) is 31.8 Å². The van der Waals surface area contributed by atoms with Gasteiger partial charge in [-0.05, 0) is 47.2 Å². The lowest BCUT2D eigenvalue weighted by Crippen LogP contribution is -2.37. The number of thioether (sulfide) groups is 1. The van der Waals surface area contributed by atoms with Crippen molar-refractivity contribution in [3.63, 3.8) is 0 Å². The van der Waals surface area contributed by atoms with Crippen LogP contribution < -0.4 is 5.32 Å². The van der Waals surface area contributed by atoms with E-state index in [1.165, 1.54) is 24.3 Å². The van der Waals surface area contributed by atoms with E-state index in [1.54, 1.807) is 25.3 Å². The summed E-state index contributed by atoms with van der Waals surface area (Å²) >= 11 is 6.52. The average Bonchev–Trinajstić information content (AvgIpc) is 3.02. The second-order valence-corrected chi connectivity index (χ2v) is 8.09. The molecule has 2 aromatic carbocycles. The summed E-state index contributed by atoms with van der Waals surface area (Å²) in [5.41, 5.74) is 1.37. The van der Waals surface area contributed by atoms with Gasteiger partial charge in [0.2, 0.25) is 0 Å². The standard InChI is InChI=1S/C21H18ClN3O6S/c1-31-12-14-3-2-4-15(9-14)19(26)23-7-8-24-20(27)18(32-21(24)28)11-13-5-6-16(22)17(10-13)25(29)30/h2-6,9-11H,7-8,12H2,1H3,(H,23,26)/b18-11-. The summed E-state index contributed by atoms with van der Waals surface area (Å²) in [6.07, 6.45) is 1.40. The highest BCUT2D eigenvalue weighted by Gasteiger charge is 2.34. The summed E-state index contributed by atoms with van der Waals surface area (Å²) in [4.78, 5) is 48.7. The number of nitro groups is 1. The van der Waals surface area contributed by atoms with Crippen molar-refractivity contribution in [2.75, 3.05) is 20.2 Å². The number of nitrogens with zero attached hydrogens (tertiary/aromatic N) is 2. The summed E-state index contributed by atoms with van der Waals surface area (Å²) in [7, 11) is 1.56. The summed E-state index contributed by atoms with van der Waals surface area (Å²) in [6, 6.07) is 11.0. The van der Waals surface area contributed by atoms with Crippen molar-refractivity contribution in [2.45, 2.75) is 6.61 Å². The van der Waals surface area contributed by atoms with Crippen LogP contribution in [0, 0.1) is 10.1 Å². The van der Waals surface area contributed by atoms with Crippen molar-refractivity contribution in [2.24, 2.45) is 0 Å². The van der Waals surface area contributed by atoms with Gasteiger partial charge >= 0.3 is 0 Å². The summed E-state index contributed by atoms with van der Waals surface area (Å²) < 4.78 is 5.05. The molecule has 3 amide bonds. The van der Waals surface area contributed by atoms with Gasteiger partial charge in [-0.25, -0.2) is 0 Å². The quantitative estimate of drug-likeness (QED) is 0.349. The first-order valence-corrected chi connectivity index (χ1v) is 10.5. The Morgan fingerprint density at radius 2 is 2.06 bits per heavy atom. The molecule has 0 spiro atoms. The number of methoxy groups -OCH3 is 1. The number of imide groups is 1. The number of carbonyl (C=O) groups excluding carboxylic acids is 3. The van der Waals surface area contributed by atoms with E-state index < -0.39 is 16.1 Å². The second-order valence-electron chi connectivity index (χ2n) is 6.69. The number of rotatable bonds is 8. The third-order valence-electron chi connectivity index (χ3n) is 4.46. The van der Waals surface area contributed by atoms with Crippen LogP contribution in [0.15, 0.2) is 47.4 Å². The maximum Gasteiger partial charge on any atom is 0.293 e. The maximum absolute atomic E-state index is 12.6. The number of hydrogen-bond acceptors (Lipinski definition) is 7. The molecule has 1 heterocycles. The van der Waals surface area contributed by atoms with Crippen molar-refractivity contribution in [1.29, 1.82) is 0 Å². The van der Waals surface area contributed by atoms with Crippen molar-refractivity contribution >= 4 is 52.2 Å². The van der Waals surface area contributed by atoms with Gasteiger partial charge in [-0.15, -0.1) is 0 Å². The van der Waals surface area contributed by atoms with Gasteiger partial charge in [0.05, 0.1) is 16.4 Å². The van der Waals surface area contributed by atoms with Gasteiger partial charge in [0.15, 0.2) is 0 Å². The molecule has 2 aromatic rings. The van der Waals surface area contributed by atoms with E-state index in [4.69, 9.17) is 16.3 Å². The largest absolute Gasteiger partial charge is 0.380 e. The Morgan fingerprint density at radius 3 is 2.78 bits per heavy atom. The SMILES string of the molecule is COCc1cccc(C(=O)NCCN2C(=O)S/C(=C\c3ccc(Cl)c([N+](=O)[O-])c3)C2=O)c1. The van der Waals surface area contributed by atoms with E-state index in [-0.39, 0.29) is 34.6 Å². The minimum atomic E-state index is -0.626. The molecule has 1 aliphatic rings. The smallest absolute Gasteiger partial charge is 0.293 e. The highest BCUT2D eigenvalue weighted by molar-refractivity contribution is 8.18. The van der Waals surface area contributed by atoms with Crippen molar-refractivity contribution in [1.82, 2.24) is 10.2 Å². The number of halogens is 1. The van der Waals surface area contributed by atoms with E-state index in [9.17, 15) is 24.5 Å². The van der Waals surface area contributed by atoms with Gasteiger partial charge in [-0.2, -0.15) is 0 Å². The topological polar surface area (TPSA) is 119 Å². The van der Waals surface area contributed by atoms with E-state index in [2.05, 4.69) is 5.32 Å².